The highest BCUT2D eigenvalue weighted by Crippen LogP contribution is 2.21. The van der Waals surface area contributed by atoms with Crippen molar-refractivity contribution in [2.24, 2.45) is 0 Å². The zero-order chi connectivity index (χ0) is 17.1. The summed E-state index contributed by atoms with van der Waals surface area (Å²) in [6, 6.07) is 18.1. The van der Waals surface area contributed by atoms with Crippen molar-refractivity contribution in [1.29, 1.82) is 0 Å². The van der Waals surface area contributed by atoms with Gasteiger partial charge in [-0.1, -0.05) is 41.9 Å². The average molecular weight is 353 g/mol. The smallest absolute Gasteiger partial charge is 0.404 e. The van der Waals surface area contributed by atoms with E-state index in [1.165, 1.54) is 5.69 Å². The van der Waals surface area contributed by atoms with Gasteiger partial charge in [-0.15, -0.1) is 0 Å². The fraction of sp³-hybridized carbons (Fsp3) is 0.211. The van der Waals surface area contributed by atoms with Crippen LogP contribution in [0.1, 0.15) is 0 Å². The molecule has 0 amide bonds. The van der Waals surface area contributed by atoms with E-state index < -0.39 is 7.12 Å². The van der Waals surface area contributed by atoms with E-state index >= 15 is 0 Å². The number of pyridine rings is 1. The van der Waals surface area contributed by atoms with E-state index in [4.69, 9.17) is 20.9 Å². The topological polar surface area (TPSA) is 34.6 Å². The standard InChI is InChI=1S/C19H18BClN2O2/c21-18-8-4-5-15-13-19(22-14-17(15)18)20-24-11-9-23(10-12-25-20)16-6-2-1-3-7-16/h1-8,13-14H,9-12H2. The van der Waals surface area contributed by atoms with Crippen LogP contribution >= 0.6 is 11.6 Å². The third-order valence-electron chi connectivity index (χ3n) is 4.36. The third kappa shape index (κ3) is 3.64. The average Bonchev–Trinajstić information content (AvgIpc) is 2.62. The van der Waals surface area contributed by atoms with Gasteiger partial charge in [0.1, 0.15) is 0 Å². The third-order valence-corrected chi connectivity index (χ3v) is 4.69. The molecule has 126 valence electrons. The van der Waals surface area contributed by atoms with E-state index in [2.05, 4.69) is 22.0 Å². The van der Waals surface area contributed by atoms with Crippen molar-refractivity contribution in [1.82, 2.24) is 4.98 Å². The zero-order valence-corrected chi connectivity index (χ0v) is 14.5. The molecule has 0 aliphatic carbocycles. The van der Waals surface area contributed by atoms with Gasteiger partial charge >= 0.3 is 7.12 Å². The summed E-state index contributed by atoms with van der Waals surface area (Å²) in [4.78, 5) is 6.76. The molecule has 1 fully saturated rings. The summed E-state index contributed by atoms with van der Waals surface area (Å²) in [6.45, 7) is 2.80. The molecule has 1 saturated heterocycles. The number of fused-ring (bicyclic) bond motifs is 1. The molecule has 2 heterocycles. The van der Waals surface area contributed by atoms with Crippen LogP contribution in [0, 0.1) is 0 Å². The van der Waals surface area contributed by atoms with Crippen LogP contribution in [0.2, 0.25) is 5.02 Å². The molecule has 6 heteroatoms. The SMILES string of the molecule is Clc1cccc2cc(B3OCCN(c4ccccc4)CCO3)ncc12. The van der Waals surface area contributed by atoms with Gasteiger partial charge in [0, 0.05) is 48.6 Å². The number of para-hydroxylation sites is 1. The highest BCUT2D eigenvalue weighted by Gasteiger charge is 2.26. The molecule has 1 aliphatic rings. The number of halogens is 1. The maximum atomic E-state index is 6.21. The molecule has 4 rings (SSSR count). The number of aromatic nitrogens is 1. The lowest BCUT2D eigenvalue weighted by atomic mass is 9.82. The van der Waals surface area contributed by atoms with Crippen LogP contribution in [0.3, 0.4) is 0 Å². The molecule has 0 N–H and O–H groups in total. The van der Waals surface area contributed by atoms with Crippen molar-refractivity contribution < 1.29 is 9.31 Å². The summed E-state index contributed by atoms with van der Waals surface area (Å²) >= 11 is 6.21. The van der Waals surface area contributed by atoms with Crippen LogP contribution in [0.4, 0.5) is 5.69 Å². The van der Waals surface area contributed by atoms with Crippen LogP contribution in [-0.2, 0) is 9.31 Å². The molecule has 3 aromatic rings. The van der Waals surface area contributed by atoms with Gasteiger partial charge in [-0.2, -0.15) is 0 Å². The first-order valence-corrected chi connectivity index (χ1v) is 8.76. The molecular weight excluding hydrogens is 334 g/mol. The normalized spacial score (nSPS) is 15.9. The van der Waals surface area contributed by atoms with Gasteiger partial charge in [-0.25, -0.2) is 0 Å². The van der Waals surface area contributed by atoms with Gasteiger partial charge < -0.3 is 14.2 Å². The molecule has 0 radical (unpaired) electrons. The monoisotopic (exact) mass is 352 g/mol. The van der Waals surface area contributed by atoms with Gasteiger partial charge in [-0.05, 0) is 29.7 Å². The lowest BCUT2D eigenvalue weighted by Gasteiger charge is -2.28. The summed E-state index contributed by atoms with van der Waals surface area (Å²) in [5.41, 5.74) is 1.97. The van der Waals surface area contributed by atoms with Crippen LogP contribution < -0.4 is 10.5 Å². The Labute approximate surface area is 152 Å². The zero-order valence-electron chi connectivity index (χ0n) is 13.8. The number of nitrogens with zero attached hydrogens (tertiary/aromatic N) is 2. The number of hydrogen-bond donors (Lipinski definition) is 0. The predicted octanol–water partition coefficient (Wildman–Crippen LogP) is 3.14. The van der Waals surface area contributed by atoms with E-state index in [1.54, 1.807) is 6.20 Å². The van der Waals surface area contributed by atoms with Crippen LogP contribution in [0.15, 0.2) is 60.8 Å². The molecule has 0 saturated carbocycles. The Kier molecular flexibility index (Phi) is 4.88. The molecule has 0 atom stereocenters. The second-order valence-corrected chi connectivity index (χ2v) is 6.37. The molecule has 25 heavy (non-hydrogen) atoms. The van der Waals surface area contributed by atoms with Crippen molar-refractivity contribution in [3.05, 3.63) is 65.8 Å². The van der Waals surface area contributed by atoms with E-state index in [0.717, 1.165) is 29.5 Å². The Balaban J connectivity index is 1.48. The van der Waals surface area contributed by atoms with Gasteiger partial charge in [0.05, 0.1) is 5.59 Å². The van der Waals surface area contributed by atoms with E-state index in [0.29, 0.717) is 18.2 Å². The second-order valence-electron chi connectivity index (χ2n) is 5.97. The van der Waals surface area contributed by atoms with Crippen molar-refractivity contribution in [3.8, 4) is 0 Å². The Morgan fingerprint density at radius 2 is 1.72 bits per heavy atom. The maximum Gasteiger partial charge on any atom is 0.513 e. The van der Waals surface area contributed by atoms with Crippen molar-refractivity contribution >= 4 is 40.8 Å². The fourth-order valence-corrected chi connectivity index (χ4v) is 3.28. The van der Waals surface area contributed by atoms with E-state index in [-0.39, 0.29) is 0 Å². The van der Waals surface area contributed by atoms with E-state index in [1.807, 2.05) is 42.5 Å². The first-order chi connectivity index (χ1) is 12.3. The molecule has 0 unspecified atom stereocenters. The quantitative estimate of drug-likeness (QED) is 0.664. The highest BCUT2D eigenvalue weighted by atomic mass is 35.5. The first kappa shape index (κ1) is 16.4. The molecule has 0 bridgehead atoms. The Morgan fingerprint density at radius 1 is 0.960 bits per heavy atom. The number of rotatable bonds is 2. The summed E-state index contributed by atoms with van der Waals surface area (Å²) in [5.74, 6) is 0. The molecule has 2 aromatic carbocycles. The molecular formula is C19H18BClN2O2. The number of benzene rings is 2. The fourth-order valence-electron chi connectivity index (χ4n) is 3.05. The molecule has 4 nitrogen and oxygen atoms in total. The lowest BCUT2D eigenvalue weighted by molar-refractivity contribution is 0.197. The van der Waals surface area contributed by atoms with Crippen LogP contribution in [0.25, 0.3) is 10.8 Å². The van der Waals surface area contributed by atoms with Gasteiger partial charge in [0.2, 0.25) is 0 Å². The predicted molar refractivity (Wildman–Crippen MR) is 103 cm³/mol. The molecule has 0 spiro atoms. The summed E-state index contributed by atoms with van der Waals surface area (Å²) in [5, 5.41) is 2.68. The van der Waals surface area contributed by atoms with Crippen molar-refractivity contribution in [2.45, 2.75) is 0 Å². The van der Waals surface area contributed by atoms with Crippen LogP contribution in [0.5, 0.6) is 0 Å². The Morgan fingerprint density at radius 3 is 2.48 bits per heavy atom. The van der Waals surface area contributed by atoms with E-state index in [9.17, 15) is 0 Å². The largest absolute Gasteiger partial charge is 0.513 e. The number of hydrogen-bond acceptors (Lipinski definition) is 4. The Bertz CT molecular complexity index is 852. The van der Waals surface area contributed by atoms with Gasteiger partial charge in [-0.3, -0.25) is 4.98 Å². The first-order valence-electron chi connectivity index (χ1n) is 8.39. The summed E-state index contributed by atoms with van der Waals surface area (Å²) < 4.78 is 11.9. The summed E-state index contributed by atoms with van der Waals surface area (Å²) in [7, 11) is -0.443. The summed E-state index contributed by atoms with van der Waals surface area (Å²) in [6.07, 6.45) is 1.79. The van der Waals surface area contributed by atoms with Gasteiger partial charge in [0.15, 0.2) is 0 Å². The Hall–Kier alpha value is -2.08. The van der Waals surface area contributed by atoms with Crippen molar-refractivity contribution in [2.75, 3.05) is 31.2 Å². The van der Waals surface area contributed by atoms with Gasteiger partial charge in [0.25, 0.3) is 0 Å². The van der Waals surface area contributed by atoms with Crippen molar-refractivity contribution in [3.63, 3.8) is 0 Å². The number of anilines is 1. The minimum atomic E-state index is -0.443. The minimum Gasteiger partial charge on any atom is -0.404 e. The lowest BCUT2D eigenvalue weighted by Crippen LogP contribution is -2.45. The maximum absolute atomic E-state index is 6.21. The van der Waals surface area contributed by atoms with Crippen LogP contribution in [-0.4, -0.2) is 38.4 Å². The second kappa shape index (κ2) is 7.44. The molecule has 1 aromatic heterocycles. The molecule has 1 aliphatic heterocycles. The highest BCUT2D eigenvalue weighted by molar-refractivity contribution is 6.60. The minimum absolute atomic E-state index is 0.443.